The smallest absolute Gasteiger partial charge is 0.404 e. The van der Waals surface area contributed by atoms with Gasteiger partial charge in [-0.2, -0.15) is 0 Å². The van der Waals surface area contributed by atoms with E-state index in [4.69, 9.17) is 22.5 Å². The molecular formula is C15H26O8P2. The largest absolute Gasteiger partial charge is 0.457 e. The quantitative estimate of drug-likeness (QED) is 0.466. The Bertz CT molecular complexity index is 646. The van der Waals surface area contributed by atoms with Crippen LogP contribution in [0.1, 0.15) is 49.6 Å². The van der Waals surface area contributed by atoms with E-state index in [-0.39, 0.29) is 38.3 Å². The van der Waals surface area contributed by atoms with Gasteiger partial charge in [-0.3, -0.25) is 13.9 Å². The van der Waals surface area contributed by atoms with Crippen molar-refractivity contribution in [1.82, 2.24) is 0 Å². The van der Waals surface area contributed by atoms with Crippen LogP contribution in [0.2, 0.25) is 0 Å². The molecule has 0 aliphatic rings. The van der Waals surface area contributed by atoms with Gasteiger partial charge in [-0.05, 0) is 40.7 Å². The van der Waals surface area contributed by atoms with Crippen molar-refractivity contribution < 1.29 is 36.4 Å². The lowest BCUT2D eigenvalue weighted by atomic mass is 10.3. The van der Waals surface area contributed by atoms with Crippen LogP contribution >= 0.6 is 15.2 Å². The van der Waals surface area contributed by atoms with Gasteiger partial charge in [0.15, 0.2) is 5.76 Å². The van der Waals surface area contributed by atoms with Crippen LogP contribution in [-0.4, -0.2) is 32.0 Å². The number of aryl methyl sites for hydroxylation is 1. The number of hydrogen-bond donors (Lipinski definition) is 0. The van der Waals surface area contributed by atoms with Gasteiger partial charge in [0, 0.05) is 5.56 Å². The molecule has 1 heterocycles. The molecule has 1 rings (SSSR count). The number of hydrogen-bond acceptors (Lipinski definition) is 8. The molecule has 0 unspecified atom stereocenters. The second-order valence-corrected chi connectivity index (χ2v) is 8.91. The van der Waals surface area contributed by atoms with Crippen molar-refractivity contribution in [2.45, 2.75) is 40.8 Å². The van der Waals surface area contributed by atoms with E-state index >= 15 is 0 Å². The zero-order chi connectivity index (χ0) is 19.1. The van der Waals surface area contributed by atoms with E-state index in [1.54, 1.807) is 34.6 Å². The van der Waals surface area contributed by atoms with Gasteiger partial charge in [-0.25, -0.2) is 0 Å². The molecule has 0 amide bonds. The Morgan fingerprint density at radius 3 is 1.88 bits per heavy atom. The van der Waals surface area contributed by atoms with Crippen LogP contribution in [-0.2, 0) is 33.4 Å². The minimum Gasteiger partial charge on any atom is -0.457 e. The first-order chi connectivity index (χ1) is 11.7. The van der Waals surface area contributed by atoms with Crippen LogP contribution in [0.15, 0.2) is 10.5 Å². The average molecular weight is 396 g/mol. The van der Waals surface area contributed by atoms with Crippen molar-refractivity contribution in [1.29, 1.82) is 0 Å². The highest BCUT2D eigenvalue weighted by Gasteiger charge is 2.38. The maximum Gasteiger partial charge on any atom is 0.404 e. The van der Waals surface area contributed by atoms with Crippen LogP contribution in [0.4, 0.5) is 0 Å². The zero-order valence-corrected chi connectivity index (χ0v) is 17.1. The lowest BCUT2D eigenvalue weighted by Gasteiger charge is -2.16. The van der Waals surface area contributed by atoms with E-state index in [2.05, 4.69) is 0 Å². The standard InChI is InChI=1S/C15H26O8P2/c1-6-19-24(17,20-7-2)11-13-10-14(23-12(13)5)15(16)25(18,21-8-3)22-9-4/h10H,6-9,11H2,1-5H3. The van der Waals surface area contributed by atoms with Gasteiger partial charge in [0.05, 0.1) is 32.6 Å². The number of carbonyl (C=O) groups excluding carboxylic acids is 1. The van der Waals surface area contributed by atoms with E-state index in [0.29, 0.717) is 11.3 Å². The molecule has 25 heavy (non-hydrogen) atoms. The molecule has 0 aromatic carbocycles. The monoisotopic (exact) mass is 396 g/mol. The summed E-state index contributed by atoms with van der Waals surface area (Å²) in [5, 5.41) is 0. The van der Waals surface area contributed by atoms with Gasteiger partial charge < -0.3 is 22.5 Å². The maximum absolute atomic E-state index is 12.6. The number of rotatable bonds is 12. The molecule has 8 nitrogen and oxygen atoms in total. The summed E-state index contributed by atoms with van der Waals surface area (Å²) in [7, 11) is -7.33. The summed E-state index contributed by atoms with van der Waals surface area (Å²) in [5.41, 5.74) is -0.388. The van der Waals surface area contributed by atoms with Crippen molar-refractivity contribution in [3.8, 4) is 0 Å². The van der Waals surface area contributed by atoms with Crippen LogP contribution in [0, 0.1) is 6.92 Å². The Balaban J connectivity index is 3.11. The van der Waals surface area contributed by atoms with E-state index in [1.165, 1.54) is 6.07 Å². The molecule has 0 N–H and O–H groups in total. The number of carbonyl (C=O) groups is 1. The molecule has 0 spiro atoms. The summed E-state index contributed by atoms with van der Waals surface area (Å²) < 4.78 is 51.2. The summed E-state index contributed by atoms with van der Waals surface area (Å²) in [4.78, 5) is 12.5. The minimum absolute atomic E-state index is 0.0507. The Labute approximate surface area is 148 Å². The summed E-state index contributed by atoms with van der Waals surface area (Å²) in [6, 6.07) is 1.38. The predicted molar refractivity (Wildman–Crippen MR) is 93.2 cm³/mol. The van der Waals surface area contributed by atoms with Crippen LogP contribution < -0.4 is 0 Å². The molecule has 0 fully saturated rings. The molecule has 0 saturated carbocycles. The third-order valence-corrected chi connectivity index (χ3v) is 7.04. The Morgan fingerprint density at radius 2 is 1.44 bits per heavy atom. The number of furan rings is 1. The van der Waals surface area contributed by atoms with Gasteiger partial charge >= 0.3 is 20.7 Å². The third kappa shape index (κ3) is 5.88. The van der Waals surface area contributed by atoms with Gasteiger partial charge in [0.25, 0.3) is 0 Å². The zero-order valence-electron chi connectivity index (χ0n) is 15.3. The molecule has 0 aliphatic carbocycles. The Morgan fingerprint density at radius 1 is 0.960 bits per heavy atom. The second kappa shape index (κ2) is 9.81. The minimum atomic E-state index is -3.98. The fourth-order valence-corrected chi connectivity index (χ4v) is 5.29. The molecule has 0 bridgehead atoms. The molecule has 0 aliphatic heterocycles. The third-order valence-electron chi connectivity index (χ3n) is 3.09. The highest BCUT2D eigenvalue weighted by atomic mass is 31.2. The summed E-state index contributed by atoms with van der Waals surface area (Å²) in [5.74, 6) is 0.194. The molecule has 0 atom stereocenters. The van der Waals surface area contributed by atoms with E-state index < -0.39 is 20.7 Å². The van der Waals surface area contributed by atoms with E-state index in [9.17, 15) is 13.9 Å². The van der Waals surface area contributed by atoms with E-state index in [1.807, 2.05) is 0 Å². The summed E-state index contributed by atoms with van der Waals surface area (Å²) in [6.07, 6.45) is -0.0507. The van der Waals surface area contributed by atoms with E-state index in [0.717, 1.165) is 0 Å². The fourth-order valence-electron chi connectivity index (χ4n) is 2.14. The molecule has 144 valence electrons. The Kier molecular flexibility index (Phi) is 8.75. The van der Waals surface area contributed by atoms with Gasteiger partial charge in [-0.15, -0.1) is 0 Å². The van der Waals surface area contributed by atoms with Crippen LogP contribution in [0.3, 0.4) is 0 Å². The van der Waals surface area contributed by atoms with Gasteiger partial charge in [0.1, 0.15) is 5.76 Å². The lowest BCUT2D eigenvalue weighted by Crippen LogP contribution is -2.06. The van der Waals surface area contributed by atoms with Crippen LogP contribution in [0.5, 0.6) is 0 Å². The molecule has 1 aromatic rings. The predicted octanol–water partition coefficient (Wildman–Crippen LogP) is 4.76. The topological polar surface area (TPSA) is 101 Å². The highest BCUT2D eigenvalue weighted by molar-refractivity contribution is 7.72. The van der Waals surface area contributed by atoms with Crippen molar-refractivity contribution in [3.05, 3.63) is 23.2 Å². The Hall–Kier alpha value is -0.750. The van der Waals surface area contributed by atoms with Crippen molar-refractivity contribution >= 4 is 20.7 Å². The highest BCUT2D eigenvalue weighted by Crippen LogP contribution is 2.54. The van der Waals surface area contributed by atoms with Crippen molar-refractivity contribution in [2.75, 3.05) is 26.4 Å². The van der Waals surface area contributed by atoms with Gasteiger partial charge in [0.2, 0.25) is 0 Å². The fraction of sp³-hybridized carbons (Fsp3) is 0.667. The molecule has 0 saturated heterocycles. The molecule has 1 aromatic heterocycles. The lowest BCUT2D eigenvalue weighted by molar-refractivity contribution is 0.0975. The summed E-state index contributed by atoms with van der Waals surface area (Å²) in [6.45, 7) is 8.82. The first-order valence-electron chi connectivity index (χ1n) is 8.16. The van der Waals surface area contributed by atoms with Crippen LogP contribution in [0.25, 0.3) is 0 Å². The normalized spacial score (nSPS) is 12.5. The average Bonchev–Trinajstić information content (AvgIpc) is 2.88. The second-order valence-electron chi connectivity index (χ2n) is 4.93. The molecular weight excluding hydrogens is 370 g/mol. The van der Waals surface area contributed by atoms with Gasteiger partial charge in [-0.1, -0.05) is 0 Å². The van der Waals surface area contributed by atoms with Crippen molar-refractivity contribution in [2.24, 2.45) is 0 Å². The first kappa shape index (κ1) is 22.3. The molecule has 0 radical (unpaired) electrons. The first-order valence-corrected chi connectivity index (χ1v) is 11.4. The maximum atomic E-state index is 12.6. The summed E-state index contributed by atoms with van der Waals surface area (Å²) >= 11 is 0. The molecule has 10 heteroatoms. The van der Waals surface area contributed by atoms with Crippen molar-refractivity contribution in [3.63, 3.8) is 0 Å². The SMILES string of the molecule is CCOP(=O)(Cc1cc(C(=O)P(=O)(OCC)OCC)oc1C)OCC.